The molecule has 5 heteroatoms. The molecule has 0 unspecified atom stereocenters. The Kier molecular flexibility index (Phi) is 10.1. The molecule has 0 radical (unpaired) electrons. The summed E-state index contributed by atoms with van der Waals surface area (Å²) in [5.41, 5.74) is 2.58. The van der Waals surface area contributed by atoms with Gasteiger partial charge in [-0.2, -0.15) is 0 Å². The summed E-state index contributed by atoms with van der Waals surface area (Å²) >= 11 is 0. The van der Waals surface area contributed by atoms with Crippen molar-refractivity contribution in [2.45, 2.75) is 0 Å². The normalized spacial score (nSPS) is 11.3. The van der Waals surface area contributed by atoms with Crippen LogP contribution in [0.5, 0.6) is 5.75 Å². The van der Waals surface area contributed by atoms with Crippen molar-refractivity contribution >= 4 is 78.9 Å². The van der Waals surface area contributed by atoms with Crippen LogP contribution in [-0.4, -0.2) is 7.32 Å². The van der Waals surface area contributed by atoms with E-state index in [1.54, 1.807) is 12.1 Å². The van der Waals surface area contributed by atoms with E-state index < -0.39 is 14.6 Å². The summed E-state index contributed by atoms with van der Waals surface area (Å²) in [5, 5.41) is 35.9. The molecule has 3 nitrogen and oxygen atoms in total. The fourth-order valence-electron chi connectivity index (χ4n) is 8.24. The van der Waals surface area contributed by atoms with Gasteiger partial charge in [-0.3, -0.25) is 0 Å². The molecule has 0 fully saturated rings. The van der Waals surface area contributed by atoms with Gasteiger partial charge in [-0.05, 0) is 104 Å². The summed E-state index contributed by atoms with van der Waals surface area (Å²) < 4.78 is 4.94. The topological polar surface area (TPSA) is 55.3 Å². The minimum absolute atomic E-state index is 0.341. The van der Waals surface area contributed by atoms with Gasteiger partial charge in [0.2, 0.25) is 0 Å². The highest BCUT2D eigenvalue weighted by Crippen LogP contribution is 2.56. The van der Waals surface area contributed by atoms with Crippen molar-refractivity contribution in [2.75, 3.05) is 0 Å². The summed E-state index contributed by atoms with van der Waals surface area (Å²) in [6.07, 6.45) is 0. The summed E-state index contributed by atoms with van der Waals surface area (Å²) in [6, 6.07) is 79.4. The third-order valence-electron chi connectivity index (χ3n) is 10.7. The summed E-state index contributed by atoms with van der Waals surface area (Å²) in [5.74, 6) is 0.341. The fraction of sp³-hybridized carbons (Fsp3) is 0. The number of benzene rings is 10. The SMILES string of the molecule is [O-]B([O-])Oc1cccc2ccc3cc4ccccc4cc3c12.c1ccc([P+](c2ccccc2)(c2ccccc2)c2ccccc2-c2cccc3ccccc23)cc1. The maximum Gasteiger partial charge on any atom is 0.144 e. The Hall–Kier alpha value is -6.55. The van der Waals surface area contributed by atoms with E-state index >= 15 is 0 Å². The van der Waals surface area contributed by atoms with Gasteiger partial charge in [-0.1, -0.05) is 164 Å². The van der Waals surface area contributed by atoms with Crippen molar-refractivity contribution in [1.82, 2.24) is 0 Å². The van der Waals surface area contributed by atoms with Crippen LogP contribution in [0.15, 0.2) is 224 Å². The van der Waals surface area contributed by atoms with E-state index in [2.05, 4.69) is 176 Å². The quantitative estimate of drug-likeness (QED) is 0.0707. The van der Waals surface area contributed by atoms with E-state index in [4.69, 9.17) is 4.65 Å². The standard InChI is InChI=1S/C34H26P.C18H11BO3/c1-4-17-28(18-5-1)35(29-19-6-2-7-20-29,30-21-8-3-9-22-30)34-26-13-12-24-33(34)32-25-14-16-27-15-10-11-23-31(27)32;20-19(21)22-17-7-3-6-12-8-9-15-10-13-4-1-2-5-14(13)11-16(15)18(12)17/h1-26H;1-11H/q+1;-2. The average Bonchev–Trinajstić information content (AvgIpc) is 3.27. The summed E-state index contributed by atoms with van der Waals surface area (Å²) in [6.45, 7) is 0. The van der Waals surface area contributed by atoms with Crippen LogP contribution >= 0.6 is 7.26 Å². The Balaban J connectivity index is 0.000000165. The Morgan fingerprint density at radius 2 is 0.825 bits per heavy atom. The monoisotopic (exact) mass is 751 g/mol. The molecule has 0 amide bonds. The molecule has 272 valence electrons. The number of hydrogen-bond acceptors (Lipinski definition) is 3. The fourth-order valence-corrected chi connectivity index (χ4v) is 12.7. The molecule has 57 heavy (non-hydrogen) atoms. The lowest BCUT2D eigenvalue weighted by atomic mass is 9.97. The minimum atomic E-state index is -2.33. The molecule has 0 spiro atoms. The predicted octanol–water partition coefficient (Wildman–Crippen LogP) is 9.36. The largest absolute Gasteiger partial charge is 0.860 e. The zero-order chi connectivity index (χ0) is 38.6. The lowest BCUT2D eigenvalue weighted by Gasteiger charge is -2.29. The molecule has 10 aromatic carbocycles. The van der Waals surface area contributed by atoms with E-state index in [0.717, 1.165) is 32.3 Å². The molecule has 0 aromatic heterocycles. The van der Waals surface area contributed by atoms with E-state index in [-0.39, 0.29) is 0 Å². The molecule has 0 saturated carbocycles. The smallest absolute Gasteiger partial charge is 0.144 e. The molecule has 0 aliphatic heterocycles. The molecular weight excluding hydrogens is 714 g/mol. The third kappa shape index (κ3) is 6.86. The Morgan fingerprint density at radius 3 is 1.47 bits per heavy atom. The second-order valence-electron chi connectivity index (χ2n) is 14.0. The molecular formula is C52H37BO3P-. The Morgan fingerprint density at radius 1 is 0.351 bits per heavy atom. The highest BCUT2D eigenvalue weighted by atomic mass is 31.2. The van der Waals surface area contributed by atoms with E-state index in [1.807, 2.05) is 36.4 Å². The molecule has 0 N–H and O–H groups in total. The first-order chi connectivity index (χ1) is 28.1. The van der Waals surface area contributed by atoms with Crippen molar-refractivity contribution in [3.63, 3.8) is 0 Å². The van der Waals surface area contributed by atoms with Crippen molar-refractivity contribution < 1.29 is 14.7 Å². The van der Waals surface area contributed by atoms with Crippen LogP contribution in [0.4, 0.5) is 0 Å². The maximum absolute atomic E-state index is 10.9. The molecule has 0 heterocycles. The summed E-state index contributed by atoms with van der Waals surface area (Å²) in [7, 11) is -4.52. The molecule has 10 aromatic rings. The van der Waals surface area contributed by atoms with Gasteiger partial charge in [-0.15, -0.1) is 0 Å². The average molecular weight is 752 g/mol. The summed E-state index contributed by atoms with van der Waals surface area (Å²) in [4.78, 5) is 0. The van der Waals surface area contributed by atoms with E-state index in [1.165, 1.54) is 43.1 Å². The number of hydrogen-bond donors (Lipinski definition) is 0. The van der Waals surface area contributed by atoms with E-state index in [9.17, 15) is 10.0 Å². The zero-order valence-corrected chi connectivity index (χ0v) is 32.0. The first kappa shape index (κ1) is 36.1. The highest BCUT2D eigenvalue weighted by Gasteiger charge is 2.49. The first-order valence-electron chi connectivity index (χ1n) is 19.1. The first-order valence-corrected chi connectivity index (χ1v) is 20.9. The van der Waals surface area contributed by atoms with Gasteiger partial charge in [0.25, 0.3) is 0 Å². The van der Waals surface area contributed by atoms with Crippen molar-refractivity contribution in [2.24, 2.45) is 0 Å². The van der Waals surface area contributed by atoms with Crippen LogP contribution in [0.1, 0.15) is 0 Å². The van der Waals surface area contributed by atoms with Crippen molar-refractivity contribution in [3.05, 3.63) is 224 Å². The van der Waals surface area contributed by atoms with Crippen LogP contribution in [-0.2, 0) is 0 Å². The van der Waals surface area contributed by atoms with Crippen LogP contribution in [0.25, 0.3) is 54.2 Å². The Bertz CT molecular complexity index is 2870. The van der Waals surface area contributed by atoms with Crippen LogP contribution < -0.4 is 35.9 Å². The van der Waals surface area contributed by atoms with Gasteiger partial charge < -0.3 is 14.7 Å². The van der Waals surface area contributed by atoms with Crippen LogP contribution in [0, 0.1) is 0 Å². The van der Waals surface area contributed by atoms with Crippen LogP contribution in [0.2, 0.25) is 0 Å². The molecule has 0 atom stereocenters. The predicted molar refractivity (Wildman–Crippen MR) is 240 cm³/mol. The van der Waals surface area contributed by atoms with Gasteiger partial charge in [0.15, 0.2) is 0 Å². The Labute approximate surface area is 333 Å². The van der Waals surface area contributed by atoms with Gasteiger partial charge in [-0.25, -0.2) is 0 Å². The molecule has 10 rings (SSSR count). The lowest BCUT2D eigenvalue weighted by molar-refractivity contribution is -0.372. The third-order valence-corrected chi connectivity index (χ3v) is 15.0. The molecule has 0 aliphatic rings. The highest BCUT2D eigenvalue weighted by molar-refractivity contribution is 8.01. The number of fused-ring (bicyclic) bond motifs is 5. The zero-order valence-electron chi connectivity index (χ0n) is 31.1. The lowest BCUT2D eigenvalue weighted by Crippen LogP contribution is -2.50. The van der Waals surface area contributed by atoms with Gasteiger partial charge in [0, 0.05) is 10.9 Å². The van der Waals surface area contributed by atoms with Crippen LogP contribution in [0.3, 0.4) is 0 Å². The van der Waals surface area contributed by atoms with Gasteiger partial charge in [0.1, 0.15) is 41.6 Å². The van der Waals surface area contributed by atoms with Crippen molar-refractivity contribution in [3.8, 4) is 16.9 Å². The molecule has 0 bridgehead atoms. The second-order valence-corrected chi connectivity index (χ2v) is 17.3. The molecule has 0 aliphatic carbocycles. The van der Waals surface area contributed by atoms with E-state index in [0.29, 0.717) is 5.75 Å². The maximum atomic E-state index is 10.9. The van der Waals surface area contributed by atoms with Crippen molar-refractivity contribution in [1.29, 1.82) is 0 Å². The minimum Gasteiger partial charge on any atom is -0.860 e. The van der Waals surface area contributed by atoms with Gasteiger partial charge in [0.05, 0.1) is 0 Å². The second kappa shape index (κ2) is 15.9. The molecule has 0 saturated heterocycles. The number of rotatable bonds is 7. The van der Waals surface area contributed by atoms with Gasteiger partial charge >= 0.3 is 0 Å².